The maximum atomic E-state index is 11.5. The molecule has 4 heteroatoms. The summed E-state index contributed by atoms with van der Waals surface area (Å²) < 4.78 is 6.97. The number of nitrogens with zero attached hydrogens (tertiary/aromatic N) is 1. The van der Waals surface area contributed by atoms with E-state index in [1.54, 1.807) is 0 Å². The number of aryl methyl sites for hydroxylation is 3. The molecule has 1 aromatic carbocycles. The van der Waals surface area contributed by atoms with E-state index in [-0.39, 0.29) is 5.97 Å². The zero-order chi connectivity index (χ0) is 14.7. The standard InChI is InChI=1S/C16H22N2O2/c1-11-7-14-13(9-16(19)20-3)10-18(6-4-5-17)15(14)8-12(11)2/h7-8,10H,4-6,9,17H2,1-3H3. The largest absolute Gasteiger partial charge is 0.469 e. The molecule has 0 fully saturated rings. The summed E-state index contributed by atoms with van der Waals surface area (Å²) in [4.78, 5) is 11.5. The first-order valence-electron chi connectivity index (χ1n) is 6.92. The number of benzene rings is 1. The van der Waals surface area contributed by atoms with Crippen LogP contribution >= 0.6 is 0 Å². The van der Waals surface area contributed by atoms with Gasteiger partial charge >= 0.3 is 5.97 Å². The Morgan fingerprint density at radius 3 is 2.65 bits per heavy atom. The summed E-state index contributed by atoms with van der Waals surface area (Å²) in [6.45, 7) is 5.73. The first-order valence-corrected chi connectivity index (χ1v) is 6.92. The van der Waals surface area contributed by atoms with Gasteiger partial charge in [0.2, 0.25) is 0 Å². The van der Waals surface area contributed by atoms with E-state index in [1.165, 1.54) is 23.8 Å². The average Bonchev–Trinajstić information content (AvgIpc) is 2.74. The summed E-state index contributed by atoms with van der Waals surface area (Å²) in [5.74, 6) is -0.207. The zero-order valence-corrected chi connectivity index (χ0v) is 12.4. The maximum Gasteiger partial charge on any atom is 0.310 e. The molecule has 4 nitrogen and oxygen atoms in total. The zero-order valence-electron chi connectivity index (χ0n) is 12.4. The Labute approximate surface area is 119 Å². The number of esters is 1. The van der Waals surface area contributed by atoms with Gasteiger partial charge in [-0.05, 0) is 55.6 Å². The van der Waals surface area contributed by atoms with Gasteiger partial charge < -0.3 is 15.0 Å². The monoisotopic (exact) mass is 274 g/mol. The molecular formula is C16H22N2O2. The normalized spacial score (nSPS) is 11.0. The molecule has 0 bridgehead atoms. The summed E-state index contributed by atoms with van der Waals surface area (Å²) >= 11 is 0. The Morgan fingerprint density at radius 1 is 1.30 bits per heavy atom. The smallest absolute Gasteiger partial charge is 0.310 e. The lowest BCUT2D eigenvalue weighted by atomic mass is 10.0. The van der Waals surface area contributed by atoms with Gasteiger partial charge in [-0.25, -0.2) is 0 Å². The van der Waals surface area contributed by atoms with E-state index in [2.05, 4.69) is 36.7 Å². The molecule has 0 atom stereocenters. The van der Waals surface area contributed by atoms with E-state index < -0.39 is 0 Å². The van der Waals surface area contributed by atoms with E-state index in [0.717, 1.165) is 23.9 Å². The van der Waals surface area contributed by atoms with Crippen molar-refractivity contribution in [3.63, 3.8) is 0 Å². The highest BCUT2D eigenvalue weighted by molar-refractivity contribution is 5.89. The number of hydrogen-bond donors (Lipinski definition) is 1. The van der Waals surface area contributed by atoms with Crippen molar-refractivity contribution in [1.82, 2.24) is 4.57 Å². The molecule has 0 saturated carbocycles. The molecule has 0 aliphatic rings. The molecule has 0 radical (unpaired) electrons. The van der Waals surface area contributed by atoms with Gasteiger partial charge in [-0.15, -0.1) is 0 Å². The van der Waals surface area contributed by atoms with Crippen molar-refractivity contribution in [3.05, 3.63) is 35.0 Å². The molecule has 2 rings (SSSR count). The van der Waals surface area contributed by atoms with Gasteiger partial charge in [-0.1, -0.05) is 0 Å². The molecule has 20 heavy (non-hydrogen) atoms. The molecule has 0 aliphatic carbocycles. The molecule has 0 spiro atoms. The fourth-order valence-electron chi connectivity index (χ4n) is 2.44. The van der Waals surface area contributed by atoms with Crippen molar-refractivity contribution >= 4 is 16.9 Å². The van der Waals surface area contributed by atoms with Crippen LogP contribution in [0.25, 0.3) is 10.9 Å². The van der Waals surface area contributed by atoms with Gasteiger partial charge in [-0.2, -0.15) is 0 Å². The number of hydrogen-bond acceptors (Lipinski definition) is 3. The van der Waals surface area contributed by atoms with Crippen LogP contribution in [0.3, 0.4) is 0 Å². The minimum absolute atomic E-state index is 0.207. The second kappa shape index (κ2) is 6.09. The summed E-state index contributed by atoms with van der Waals surface area (Å²) in [5, 5.41) is 1.13. The molecule has 0 amide bonds. The van der Waals surface area contributed by atoms with Crippen molar-refractivity contribution in [1.29, 1.82) is 0 Å². The SMILES string of the molecule is COC(=O)Cc1cn(CCCN)c2cc(C)c(C)cc12. The molecule has 1 heterocycles. The van der Waals surface area contributed by atoms with Crippen LogP contribution in [0.5, 0.6) is 0 Å². The predicted molar refractivity (Wildman–Crippen MR) is 80.8 cm³/mol. The predicted octanol–water partition coefficient (Wildman–Crippen LogP) is 2.32. The van der Waals surface area contributed by atoms with E-state index in [9.17, 15) is 4.79 Å². The quantitative estimate of drug-likeness (QED) is 0.851. The third-order valence-corrected chi connectivity index (χ3v) is 3.74. The minimum Gasteiger partial charge on any atom is -0.469 e. The molecule has 2 N–H and O–H groups in total. The fraction of sp³-hybridized carbons (Fsp3) is 0.438. The third-order valence-electron chi connectivity index (χ3n) is 3.74. The van der Waals surface area contributed by atoms with Crippen LogP contribution in [-0.2, 0) is 22.5 Å². The second-order valence-corrected chi connectivity index (χ2v) is 5.20. The first-order chi connectivity index (χ1) is 9.56. The Hall–Kier alpha value is -1.81. The molecule has 0 aliphatic heterocycles. The van der Waals surface area contributed by atoms with E-state index >= 15 is 0 Å². The highest BCUT2D eigenvalue weighted by Gasteiger charge is 2.13. The van der Waals surface area contributed by atoms with Gasteiger partial charge in [-0.3, -0.25) is 4.79 Å². The van der Waals surface area contributed by atoms with Crippen LogP contribution < -0.4 is 5.73 Å². The van der Waals surface area contributed by atoms with Crippen LogP contribution in [0, 0.1) is 13.8 Å². The van der Waals surface area contributed by atoms with Crippen LogP contribution in [-0.4, -0.2) is 24.2 Å². The lowest BCUT2D eigenvalue weighted by Gasteiger charge is -2.06. The second-order valence-electron chi connectivity index (χ2n) is 5.20. The van der Waals surface area contributed by atoms with Crippen molar-refractivity contribution in [2.24, 2.45) is 5.73 Å². The van der Waals surface area contributed by atoms with E-state index in [4.69, 9.17) is 10.5 Å². The highest BCUT2D eigenvalue weighted by atomic mass is 16.5. The molecular weight excluding hydrogens is 252 g/mol. The summed E-state index contributed by atoms with van der Waals surface area (Å²) in [5.41, 5.74) is 10.3. The molecule has 0 saturated heterocycles. The lowest BCUT2D eigenvalue weighted by molar-refractivity contribution is -0.139. The molecule has 2 aromatic rings. The van der Waals surface area contributed by atoms with Gasteiger partial charge in [0.25, 0.3) is 0 Å². The molecule has 1 aromatic heterocycles. The average molecular weight is 274 g/mol. The van der Waals surface area contributed by atoms with Gasteiger partial charge in [0.05, 0.1) is 13.5 Å². The first kappa shape index (κ1) is 14.6. The topological polar surface area (TPSA) is 57.2 Å². The van der Waals surface area contributed by atoms with Crippen LogP contribution in [0.15, 0.2) is 18.3 Å². The third kappa shape index (κ3) is 2.85. The van der Waals surface area contributed by atoms with Crippen LogP contribution in [0.4, 0.5) is 0 Å². The number of carbonyl (C=O) groups excluding carboxylic acids is 1. The van der Waals surface area contributed by atoms with Gasteiger partial charge in [0, 0.05) is 23.6 Å². The van der Waals surface area contributed by atoms with Crippen LogP contribution in [0.2, 0.25) is 0 Å². The summed E-state index contributed by atoms with van der Waals surface area (Å²) in [7, 11) is 1.42. The Morgan fingerprint density at radius 2 is 2.00 bits per heavy atom. The fourth-order valence-corrected chi connectivity index (χ4v) is 2.44. The summed E-state index contributed by atoms with van der Waals surface area (Å²) in [6, 6.07) is 4.34. The summed E-state index contributed by atoms with van der Waals surface area (Å²) in [6.07, 6.45) is 3.29. The number of rotatable bonds is 5. The highest BCUT2D eigenvalue weighted by Crippen LogP contribution is 2.26. The Bertz CT molecular complexity index is 629. The van der Waals surface area contributed by atoms with Crippen molar-refractivity contribution in [3.8, 4) is 0 Å². The number of carbonyl (C=O) groups is 1. The van der Waals surface area contributed by atoms with E-state index in [1.807, 2.05) is 0 Å². The van der Waals surface area contributed by atoms with Gasteiger partial charge in [0.15, 0.2) is 0 Å². The number of ether oxygens (including phenoxy) is 1. The minimum atomic E-state index is -0.207. The van der Waals surface area contributed by atoms with Crippen molar-refractivity contribution < 1.29 is 9.53 Å². The number of fused-ring (bicyclic) bond motifs is 1. The molecule has 0 unspecified atom stereocenters. The number of methoxy groups -OCH3 is 1. The van der Waals surface area contributed by atoms with Crippen LogP contribution in [0.1, 0.15) is 23.1 Å². The molecule has 108 valence electrons. The maximum absolute atomic E-state index is 11.5. The van der Waals surface area contributed by atoms with E-state index in [0.29, 0.717) is 13.0 Å². The Kier molecular flexibility index (Phi) is 4.45. The number of nitrogens with two attached hydrogens (primary N) is 1. The Balaban J connectivity index is 2.51. The van der Waals surface area contributed by atoms with Crippen molar-refractivity contribution in [2.45, 2.75) is 33.2 Å². The van der Waals surface area contributed by atoms with Gasteiger partial charge in [0.1, 0.15) is 0 Å². The van der Waals surface area contributed by atoms with Crippen molar-refractivity contribution in [2.75, 3.05) is 13.7 Å². The lowest BCUT2D eigenvalue weighted by Crippen LogP contribution is -2.05. The number of aromatic nitrogens is 1.